The first kappa shape index (κ1) is 26.4. The molecule has 3 N–H and O–H groups in total. The van der Waals surface area contributed by atoms with E-state index >= 15 is 0 Å². The Labute approximate surface area is 238 Å². The van der Waals surface area contributed by atoms with Crippen molar-refractivity contribution in [1.82, 2.24) is 15.3 Å². The van der Waals surface area contributed by atoms with E-state index in [-0.39, 0.29) is 12.3 Å². The molecule has 3 aromatic rings. The van der Waals surface area contributed by atoms with Crippen LogP contribution in [-0.2, 0) is 10.3 Å². The van der Waals surface area contributed by atoms with Gasteiger partial charge in [-0.05, 0) is 51.1 Å². The number of para-hydroxylation sites is 1. The fraction of sp³-hybridized carbons (Fsp3) is 0.429. The summed E-state index contributed by atoms with van der Waals surface area (Å²) in [6.07, 6.45) is 1.45. The number of rotatable bonds is 5. The lowest BCUT2D eigenvalue weighted by molar-refractivity contribution is 0.0790. The van der Waals surface area contributed by atoms with E-state index < -0.39 is 5.60 Å². The number of hydrogen-bond acceptors (Lipinski definition) is 9. The lowest BCUT2D eigenvalue weighted by Gasteiger charge is -2.37. The lowest BCUT2D eigenvalue weighted by Crippen LogP contribution is -2.49. The summed E-state index contributed by atoms with van der Waals surface area (Å²) in [6, 6.07) is 11.9. The number of fused-ring (bicyclic) bond motifs is 3. The van der Waals surface area contributed by atoms with Gasteiger partial charge in [-0.15, -0.1) is 0 Å². The van der Waals surface area contributed by atoms with Crippen LogP contribution in [0.15, 0.2) is 42.6 Å². The molecule has 0 spiro atoms. The number of aromatic nitrogens is 2. The highest BCUT2D eigenvalue weighted by Gasteiger charge is 2.50. The Hall–Kier alpha value is -2.82. The first-order chi connectivity index (χ1) is 18.6. The van der Waals surface area contributed by atoms with Crippen molar-refractivity contribution in [2.75, 3.05) is 53.4 Å². The SMILES string of the molecule is C[C@@H]1CN(c2ccc(Nc3ncc4c(n3)N(C)CN(c3c(Cl)cccc3Cl)C3OC43)cc2C(C)(C)O)CCN1. The monoisotopic (exact) mass is 569 g/mol. The van der Waals surface area contributed by atoms with Gasteiger partial charge in [-0.3, -0.25) is 0 Å². The second kappa shape index (κ2) is 9.98. The Morgan fingerprint density at radius 3 is 2.67 bits per heavy atom. The van der Waals surface area contributed by atoms with E-state index in [1.807, 2.05) is 62.3 Å². The van der Waals surface area contributed by atoms with Gasteiger partial charge in [0.25, 0.3) is 0 Å². The maximum absolute atomic E-state index is 11.0. The molecule has 2 unspecified atom stereocenters. The predicted molar refractivity (Wildman–Crippen MR) is 157 cm³/mol. The summed E-state index contributed by atoms with van der Waals surface area (Å²) in [6.45, 7) is 8.99. The summed E-state index contributed by atoms with van der Waals surface area (Å²) >= 11 is 13.0. The standard InChI is InChI=1S/C28H33Cl2N7O2/c1-16-14-36(11-10-31-16)22-9-8-17(12-19(22)28(2,3)38)33-27-32-13-18-24-26(39-24)37(15-35(4)25(18)34-27)23-20(29)6-5-7-21(23)30/h5-9,12-13,16,24,26,31,38H,10-11,14-15H2,1-4H3,(H,32,33,34)/t16-,24?,26?/m1/s1. The van der Waals surface area contributed by atoms with Crippen molar-refractivity contribution >= 4 is 52.0 Å². The molecular weight excluding hydrogens is 537 g/mol. The molecule has 11 heteroatoms. The maximum atomic E-state index is 11.0. The van der Waals surface area contributed by atoms with Crippen LogP contribution in [0.25, 0.3) is 0 Å². The zero-order valence-electron chi connectivity index (χ0n) is 22.4. The molecule has 1 aromatic heterocycles. The van der Waals surface area contributed by atoms with E-state index in [0.29, 0.717) is 28.7 Å². The molecule has 0 bridgehead atoms. The zero-order chi connectivity index (χ0) is 27.5. The van der Waals surface area contributed by atoms with Crippen LogP contribution in [0.1, 0.15) is 38.0 Å². The molecule has 0 amide bonds. The number of anilines is 5. The van der Waals surface area contributed by atoms with Crippen LogP contribution in [0.5, 0.6) is 0 Å². The van der Waals surface area contributed by atoms with Gasteiger partial charge in [-0.25, -0.2) is 4.98 Å². The quantitative estimate of drug-likeness (QED) is 0.372. The molecular formula is C28H33Cl2N7O2. The number of hydrogen-bond donors (Lipinski definition) is 3. The fourth-order valence-corrected chi connectivity index (χ4v) is 6.13. The number of nitrogens with one attached hydrogen (secondary N) is 2. The number of ether oxygens (including phenoxy) is 1. The smallest absolute Gasteiger partial charge is 0.229 e. The van der Waals surface area contributed by atoms with Gasteiger partial charge in [0, 0.05) is 61.4 Å². The third-order valence-electron chi connectivity index (χ3n) is 7.45. The molecule has 2 saturated heterocycles. The minimum Gasteiger partial charge on any atom is -0.386 e. The third-order valence-corrected chi connectivity index (χ3v) is 8.06. The number of nitrogens with zero attached hydrogens (tertiary/aromatic N) is 5. The fourth-order valence-electron chi connectivity index (χ4n) is 5.51. The van der Waals surface area contributed by atoms with Gasteiger partial charge in [0.1, 0.15) is 11.9 Å². The highest BCUT2D eigenvalue weighted by molar-refractivity contribution is 6.39. The number of halogens is 2. The molecule has 6 rings (SSSR count). The topological polar surface area (TPSA) is 92.3 Å². The van der Waals surface area contributed by atoms with Crippen LogP contribution in [-0.4, -0.2) is 60.7 Å². The van der Waals surface area contributed by atoms with Gasteiger partial charge >= 0.3 is 0 Å². The van der Waals surface area contributed by atoms with E-state index in [1.54, 1.807) is 0 Å². The van der Waals surface area contributed by atoms with Gasteiger partial charge < -0.3 is 35.2 Å². The third kappa shape index (κ3) is 5.10. The molecule has 9 nitrogen and oxygen atoms in total. The molecule has 2 aromatic carbocycles. The Morgan fingerprint density at radius 2 is 1.95 bits per heavy atom. The average Bonchev–Trinajstić information content (AvgIpc) is 3.68. The molecule has 206 valence electrons. The van der Waals surface area contributed by atoms with Crippen molar-refractivity contribution in [3.05, 3.63) is 63.8 Å². The molecule has 3 aliphatic rings. The summed E-state index contributed by atoms with van der Waals surface area (Å²) in [5.41, 5.74) is 3.35. The van der Waals surface area contributed by atoms with Crippen LogP contribution < -0.4 is 25.3 Å². The molecule has 3 atom stereocenters. The van der Waals surface area contributed by atoms with E-state index in [2.05, 4.69) is 38.4 Å². The Balaban J connectivity index is 1.27. The van der Waals surface area contributed by atoms with Crippen molar-refractivity contribution in [2.45, 2.75) is 44.7 Å². The largest absolute Gasteiger partial charge is 0.386 e. The van der Waals surface area contributed by atoms with E-state index in [4.69, 9.17) is 32.9 Å². The molecule has 39 heavy (non-hydrogen) atoms. The minimum absolute atomic E-state index is 0.172. The second-order valence-electron chi connectivity index (χ2n) is 11.0. The van der Waals surface area contributed by atoms with Crippen molar-refractivity contribution in [3.63, 3.8) is 0 Å². The van der Waals surface area contributed by atoms with Crippen LogP contribution in [0.4, 0.5) is 28.8 Å². The van der Waals surface area contributed by atoms with E-state index in [0.717, 1.165) is 53.6 Å². The molecule has 0 saturated carbocycles. The first-order valence-electron chi connectivity index (χ1n) is 13.2. The first-order valence-corrected chi connectivity index (χ1v) is 13.9. The minimum atomic E-state index is -1.02. The van der Waals surface area contributed by atoms with Gasteiger partial charge in [0.2, 0.25) is 5.95 Å². The molecule has 0 aliphatic carbocycles. The lowest BCUT2D eigenvalue weighted by atomic mass is 9.94. The Bertz CT molecular complexity index is 1380. The van der Waals surface area contributed by atoms with Gasteiger partial charge in [0.15, 0.2) is 6.23 Å². The highest BCUT2D eigenvalue weighted by atomic mass is 35.5. The van der Waals surface area contributed by atoms with Crippen LogP contribution >= 0.6 is 23.2 Å². The van der Waals surface area contributed by atoms with Gasteiger partial charge in [0.05, 0.1) is 28.0 Å². The normalized spacial score (nSPS) is 22.7. The average molecular weight is 571 g/mol. The van der Waals surface area contributed by atoms with Crippen LogP contribution in [0, 0.1) is 0 Å². The zero-order valence-corrected chi connectivity index (χ0v) is 24.0. The number of piperazine rings is 1. The highest BCUT2D eigenvalue weighted by Crippen LogP contribution is 2.50. The van der Waals surface area contributed by atoms with Gasteiger partial charge in [-0.1, -0.05) is 29.3 Å². The Kier molecular flexibility index (Phi) is 6.76. The summed E-state index contributed by atoms with van der Waals surface area (Å²) < 4.78 is 6.04. The summed E-state index contributed by atoms with van der Waals surface area (Å²) in [4.78, 5) is 15.9. The number of epoxide rings is 1. The molecule has 2 fully saturated rings. The van der Waals surface area contributed by atoms with Crippen molar-refractivity contribution < 1.29 is 9.84 Å². The number of aliphatic hydroxyl groups is 1. The van der Waals surface area contributed by atoms with Crippen molar-refractivity contribution in [1.29, 1.82) is 0 Å². The molecule has 3 aliphatic heterocycles. The van der Waals surface area contributed by atoms with E-state index in [9.17, 15) is 5.11 Å². The summed E-state index contributed by atoms with van der Waals surface area (Å²) in [5, 5.41) is 19.0. The van der Waals surface area contributed by atoms with E-state index in [1.165, 1.54) is 0 Å². The molecule has 0 radical (unpaired) electrons. The predicted octanol–water partition coefficient (Wildman–Crippen LogP) is 4.86. The van der Waals surface area contributed by atoms with Gasteiger partial charge in [-0.2, -0.15) is 4.98 Å². The number of benzene rings is 2. The molecule has 4 heterocycles. The Morgan fingerprint density at radius 1 is 1.18 bits per heavy atom. The van der Waals surface area contributed by atoms with Crippen LogP contribution in [0.3, 0.4) is 0 Å². The summed E-state index contributed by atoms with van der Waals surface area (Å²) in [7, 11) is 1.98. The second-order valence-corrected chi connectivity index (χ2v) is 11.8. The van der Waals surface area contributed by atoms with Crippen molar-refractivity contribution in [2.24, 2.45) is 0 Å². The van der Waals surface area contributed by atoms with Crippen molar-refractivity contribution in [3.8, 4) is 0 Å². The maximum Gasteiger partial charge on any atom is 0.229 e. The summed E-state index contributed by atoms with van der Waals surface area (Å²) in [5.74, 6) is 1.24. The van der Waals surface area contributed by atoms with Crippen LogP contribution in [0.2, 0.25) is 10.0 Å².